The quantitative estimate of drug-likeness (QED) is 0.366. The molecule has 0 aliphatic heterocycles. The summed E-state index contributed by atoms with van der Waals surface area (Å²) in [5.74, 6) is -1.19. The van der Waals surface area contributed by atoms with Gasteiger partial charge in [-0.1, -0.05) is 40.9 Å². The average molecular weight is 505 g/mol. The Morgan fingerprint density at radius 3 is 2.72 bits per heavy atom. The lowest BCUT2D eigenvalue weighted by atomic mass is 10.0. The molecule has 1 N–H and O–H groups in total. The van der Waals surface area contributed by atoms with Crippen LogP contribution < -0.4 is 5.56 Å². The van der Waals surface area contributed by atoms with E-state index in [9.17, 15) is 20.0 Å². The third-order valence-corrected chi connectivity index (χ3v) is 7.09. The topological polar surface area (TPSA) is 96.0 Å². The number of carbonyl (C=O) groups is 1. The zero-order valence-electron chi connectivity index (χ0n) is 16.3. The summed E-state index contributed by atoms with van der Waals surface area (Å²) in [6, 6.07) is 8.37. The number of hydrogen-bond donors (Lipinski definition) is 1. The molecule has 1 aromatic carbocycles. The van der Waals surface area contributed by atoms with Gasteiger partial charge in [0.05, 0.1) is 27.0 Å². The molecule has 6 nitrogen and oxygen atoms in total. The van der Waals surface area contributed by atoms with E-state index < -0.39 is 17.2 Å². The molecule has 4 aromatic rings. The van der Waals surface area contributed by atoms with Crippen molar-refractivity contribution in [1.29, 1.82) is 5.26 Å². The van der Waals surface area contributed by atoms with Crippen LogP contribution in [0.15, 0.2) is 41.5 Å². The second-order valence-electron chi connectivity index (χ2n) is 6.90. The number of halogens is 3. The highest BCUT2D eigenvalue weighted by Crippen LogP contribution is 2.43. The number of pyridine rings is 2. The molecule has 10 heteroatoms. The van der Waals surface area contributed by atoms with Gasteiger partial charge >= 0.3 is 0 Å². The lowest BCUT2D eigenvalue weighted by Gasteiger charge is -2.15. The minimum atomic E-state index is -0.708. The van der Waals surface area contributed by atoms with E-state index >= 15 is 0 Å². The summed E-state index contributed by atoms with van der Waals surface area (Å²) >= 11 is 19.9. The minimum Gasteiger partial charge on any atom is -0.494 e. The van der Waals surface area contributed by atoms with Crippen molar-refractivity contribution in [2.24, 2.45) is 0 Å². The Labute approximate surface area is 200 Å². The number of benzene rings is 1. The first kappa shape index (κ1) is 22.3. The van der Waals surface area contributed by atoms with E-state index in [4.69, 9.17) is 34.8 Å². The van der Waals surface area contributed by atoms with Crippen LogP contribution in [-0.2, 0) is 6.54 Å². The zero-order valence-corrected chi connectivity index (χ0v) is 19.4. The Morgan fingerprint density at radius 2 is 2.06 bits per heavy atom. The summed E-state index contributed by atoms with van der Waals surface area (Å²) in [5, 5.41) is 21.8. The predicted molar refractivity (Wildman–Crippen MR) is 125 cm³/mol. The summed E-state index contributed by atoms with van der Waals surface area (Å²) in [6.45, 7) is 1.36. The van der Waals surface area contributed by atoms with Crippen molar-refractivity contribution in [1.82, 2.24) is 9.55 Å². The van der Waals surface area contributed by atoms with Crippen LogP contribution in [0.4, 0.5) is 0 Å². The molecule has 0 unspecified atom stereocenters. The molecule has 0 spiro atoms. The molecule has 0 bridgehead atoms. The molecule has 0 aliphatic carbocycles. The molecule has 3 heterocycles. The van der Waals surface area contributed by atoms with Gasteiger partial charge in [-0.15, -0.1) is 11.3 Å². The van der Waals surface area contributed by atoms with Crippen molar-refractivity contribution in [3.05, 3.63) is 89.2 Å². The maximum Gasteiger partial charge on any atom is 0.271 e. The van der Waals surface area contributed by atoms with Gasteiger partial charge in [0.1, 0.15) is 11.6 Å². The molecule has 0 radical (unpaired) electrons. The van der Waals surface area contributed by atoms with Gasteiger partial charge in [-0.3, -0.25) is 19.1 Å². The molecule has 0 atom stereocenters. The van der Waals surface area contributed by atoms with E-state index in [-0.39, 0.29) is 38.2 Å². The first-order chi connectivity index (χ1) is 15.2. The van der Waals surface area contributed by atoms with Crippen LogP contribution in [-0.4, -0.2) is 20.4 Å². The molecule has 0 saturated heterocycles. The van der Waals surface area contributed by atoms with Crippen molar-refractivity contribution in [2.75, 3.05) is 0 Å². The van der Waals surface area contributed by atoms with E-state index in [1.165, 1.54) is 19.2 Å². The van der Waals surface area contributed by atoms with Gasteiger partial charge in [0, 0.05) is 27.5 Å². The van der Waals surface area contributed by atoms with Gasteiger partial charge in [-0.2, -0.15) is 5.26 Å². The number of fused-ring (bicyclic) bond motifs is 1. The molecule has 160 valence electrons. The number of rotatable bonds is 4. The normalized spacial score (nSPS) is 11.0. The number of aromatic nitrogens is 2. The summed E-state index contributed by atoms with van der Waals surface area (Å²) in [5.41, 5.74) is -0.452. The fourth-order valence-corrected chi connectivity index (χ4v) is 5.74. The lowest BCUT2D eigenvalue weighted by molar-refractivity contribution is 0.103. The Hall–Kier alpha value is -2.89. The number of hydrogen-bond acceptors (Lipinski definition) is 6. The van der Waals surface area contributed by atoms with Gasteiger partial charge in [0.2, 0.25) is 11.7 Å². The molecule has 0 amide bonds. The van der Waals surface area contributed by atoms with E-state index in [0.29, 0.717) is 20.7 Å². The van der Waals surface area contributed by atoms with Crippen LogP contribution in [0, 0.1) is 18.3 Å². The van der Waals surface area contributed by atoms with Gasteiger partial charge in [0.15, 0.2) is 0 Å². The summed E-state index contributed by atoms with van der Waals surface area (Å²) < 4.78 is 1.57. The third-order valence-electron chi connectivity index (χ3n) is 4.95. The van der Waals surface area contributed by atoms with E-state index in [2.05, 4.69) is 4.98 Å². The number of aromatic hydroxyl groups is 1. The standard InChI is InChI=1S/C22H12Cl3N3O3S/c1-10-13(7-26)21(30)28(9-11-3-2-4-27-8-11)22(31)16(10)19(29)20-18(25)17-14(24)5-12(23)6-15(17)32-20/h2-6,8,31H,9H2,1H3. The molecule has 0 fully saturated rings. The maximum atomic E-state index is 13.5. The number of thiophene rings is 1. The largest absolute Gasteiger partial charge is 0.494 e. The average Bonchev–Trinajstić information content (AvgIpc) is 3.08. The van der Waals surface area contributed by atoms with Gasteiger partial charge in [-0.05, 0) is 36.2 Å². The predicted octanol–water partition coefficient (Wildman–Crippen LogP) is 5.58. The van der Waals surface area contributed by atoms with Crippen molar-refractivity contribution in [2.45, 2.75) is 13.5 Å². The fourth-order valence-electron chi connectivity index (χ4n) is 3.41. The monoisotopic (exact) mass is 503 g/mol. The second-order valence-corrected chi connectivity index (χ2v) is 9.17. The van der Waals surface area contributed by atoms with Crippen molar-refractivity contribution >= 4 is 62.0 Å². The second kappa shape index (κ2) is 8.57. The van der Waals surface area contributed by atoms with Crippen molar-refractivity contribution in [3.8, 4) is 11.9 Å². The lowest BCUT2D eigenvalue weighted by Crippen LogP contribution is -2.27. The third kappa shape index (κ3) is 3.65. The highest BCUT2D eigenvalue weighted by Gasteiger charge is 2.28. The molecule has 32 heavy (non-hydrogen) atoms. The van der Waals surface area contributed by atoms with E-state index in [0.717, 1.165) is 15.9 Å². The number of nitriles is 1. The smallest absolute Gasteiger partial charge is 0.271 e. The van der Waals surface area contributed by atoms with Crippen LogP contribution >= 0.6 is 46.1 Å². The molecular formula is C22H12Cl3N3O3S. The summed E-state index contributed by atoms with van der Waals surface area (Å²) in [6.07, 6.45) is 3.09. The van der Waals surface area contributed by atoms with Crippen LogP contribution in [0.5, 0.6) is 5.88 Å². The number of ketones is 1. The van der Waals surface area contributed by atoms with Gasteiger partial charge in [-0.25, -0.2) is 0 Å². The number of carbonyl (C=O) groups excluding carboxylic acids is 1. The number of nitrogens with zero attached hydrogens (tertiary/aromatic N) is 3. The van der Waals surface area contributed by atoms with Crippen LogP contribution in [0.25, 0.3) is 10.1 Å². The minimum absolute atomic E-state index is 0.0695. The first-order valence-electron chi connectivity index (χ1n) is 9.11. The molecule has 0 saturated carbocycles. The van der Waals surface area contributed by atoms with Gasteiger partial charge in [0.25, 0.3) is 5.56 Å². The highest BCUT2D eigenvalue weighted by molar-refractivity contribution is 7.22. The molecule has 3 aromatic heterocycles. The van der Waals surface area contributed by atoms with E-state index in [1.54, 1.807) is 24.4 Å². The summed E-state index contributed by atoms with van der Waals surface area (Å²) in [4.78, 5) is 30.5. The molecule has 4 rings (SSSR count). The summed E-state index contributed by atoms with van der Waals surface area (Å²) in [7, 11) is 0. The Bertz CT molecular complexity index is 1500. The zero-order chi connectivity index (χ0) is 23.2. The SMILES string of the molecule is Cc1c(C(=O)c2sc3cc(Cl)cc(Cl)c3c2Cl)c(O)n(Cc2cccnc2)c(=O)c1C#N. The van der Waals surface area contributed by atoms with Crippen LogP contribution in [0.1, 0.15) is 31.9 Å². The maximum absolute atomic E-state index is 13.5. The van der Waals surface area contributed by atoms with Crippen LogP contribution in [0.2, 0.25) is 15.1 Å². The Morgan fingerprint density at radius 1 is 1.31 bits per heavy atom. The fraction of sp³-hybridized carbons (Fsp3) is 0.0909. The van der Waals surface area contributed by atoms with E-state index in [1.807, 2.05) is 6.07 Å². The molecule has 0 aliphatic rings. The van der Waals surface area contributed by atoms with Crippen LogP contribution in [0.3, 0.4) is 0 Å². The Kier molecular flexibility index (Phi) is 5.97. The molecular weight excluding hydrogens is 493 g/mol. The van der Waals surface area contributed by atoms with Gasteiger partial charge < -0.3 is 5.11 Å². The van der Waals surface area contributed by atoms with Crippen molar-refractivity contribution in [3.63, 3.8) is 0 Å². The highest BCUT2D eigenvalue weighted by atomic mass is 35.5. The van der Waals surface area contributed by atoms with Crippen molar-refractivity contribution < 1.29 is 9.90 Å². The first-order valence-corrected chi connectivity index (χ1v) is 11.1. The Balaban J connectivity index is 1.95.